The molecule has 1 aliphatic carbocycles. The second-order valence-electron chi connectivity index (χ2n) is 1.86. The van der Waals surface area contributed by atoms with E-state index in [-0.39, 0.29) is 0 Å². The van der Waals surface area contributed by atoms with Crippen LogP contribution in [0.1, 0.15) is 6.42 Å². The van der Waals surface area contributed by atoms with Crippen molar-refractivity contribution in [1.82, 2.24) is 0 Å². The van der Waals surface area contributed by atoms with Gasteiger partial charge in [-0.2, -0.15) is 0 Å². The standard InChI is InChI=1S/C5H5.CH3.2BrH.Os/c1-2-4-5-3-1;;;;/h1-3H,4H2;1H3;2*1H;/q;;;;+2/p-2. The Morgan fingerprint density at radius 2 is 2.22 bits per heavy atom. The van der Waals surface area contributed by atoms with E-state index in [2.05, 4.69) is 50.8 Å². The van der Waals surface area contributed by atoms with Gasteiger partial charge in [-0.15, -0.1) is 0 Å². The molecule has 0 unspecified atom stereocenters. The molecule has 3 heteroatoms. The Hall–Kier alpha value is 1.08. The summed E-state index contributed by atoms with van der Waals surface area (Å²) in [7, 11) is 0. The first-order valence-corrected chi connectivity index (χ1v) is 17.4. The van der Waals surface area contributed by atoms with Crippen LogP contribution in [0.2, 0.25) is 5.48 Å². The maximum atomic E-state index is 3.71. The molecule has 0 atom stereocenters. The van der Waals surface area contributed by atoms with Gasteiger partial charge in [0.15, 0.2) is 0 Å². The molecule has 1 rings (SSSR count). The van der Waals surface area contributed by atoms with Crippen molar-refractivity contribution in [1.29, 1.82) is 0 Å². The average Bonchev–Trinajstić information content (AvgIpc) is 2.08. The van der Waals surface area contributed by atoms with Crippen LogP contribution in [0.4, 0.5) is 0 Å². The fourth-order valence-electron chi connectivity index (χ4n) is 0.646. The monoisotopic (exact) mass is 430 g/mol. The number of rotatable bonds is 1. The molecule has 54 valence electrons. The first kappa shape index (κ1) is 8.18. The van der Waals surface area contributed by atoms with E-state index in [4.69, 9.17) is 0 Å². The Labute approximate surface area is 71.9 Å². The summed E-state index contributed by atoms with van der Waals surface area (Å²) in [5, 5.41) is 0. The third kappa shape index (κ3) is 2.29. The molecule has 0 spiro atoms. The Morgan fingerprint density at radius 3 is 2.44 bits per heavy atom. The molecule has 0 N–H and O–H groups in total. The van der Waals surface area contributed by atoms with Gasteiger partial charge in [-0.05, 0) is 0 Å². The van der Waals surface area contributed by atoms with E-state index in [1.54, 1.807) is 4.13 Å². The van der Waals surface area contributed by atoms with Gasteiger partial charge in [-0.3, -0.25) is 0 Å². The van der Waals surface area contributed by atoms with Gasteiger partial charge < -0.3 is 0 Å². The zero-order valence-electron chi connectivity index (χ0n) is 5.05. The topological polar surface area (TPSA) is 0 Å². The maximum absolute atomic E-state index is 3.71. The van der Waals surface area contributed by atoms with E-state index in [0.717, 1.165) is 6.42 Å². The van der Waals surface area contributed by atoms with Crippen molar-refractivity contribution in [3.8, 4) is 0 Å². The van der Waals surface area contributed by atoms with Gasteiger partial charge in [0, 0.05) is 0 Å². The van der Waals surface area contributed by atoms with E-state index in [9.17, 15) is 0 Å². The third-order valence-electron chi connectivity index (χ3n) is 1.12. The Bertz CT molecular complexity index is 164. The SMILES string of the molecule is [CH3][Os]([Br])([Br])[C]1=CC=CC1. The van der Waals surface area contributed by atoms with E-state index in [1.807, 2.05) is 0 Å². The summed E-state index contributed by atoms with van der Waals surface area (Å²) in [5.41, 5.74) is 2.28. The van der Waals surface area contributed by atoms with Crippen LogP contribution in [0, 0.1) is 0 Å². The van der Waals surface area contributed by atoms with Crippen molar-refractivity contribution in [3.63, 3.8) is 0 Å². The van der Waals surface area contributed by atoms with Crippen LogP contribution in [0.5, 0.6) is 0 Å². The zero-order chi connectivity index (χ0) is 6.91. The molecule has 0 bridgehead atoms. The molecule has 9 heavy (non-hydrogen) atoms. The Morgan fingerprint density at radius 1 is 1.56 bits per heavy atom. The molecule has 0 heterocycles. The number of halogens is 2. The summed E-state index contributed by atoms with van der Waals surface area (Å²) in [4.78, 5) is 0. The van der Waals surface area contributed by atoms with Gasteiger partial charge in [0.1, 0.15) is 0 Å². The summed E-state index contributed by atoms with van der Waals surface area (Å²) >= 11 is 5.59. The predicted molar refractivity (Wildman–Crippen MR) is 45.6 cm³/mol. The Balaban J connectivity index is 2.66. The van der Waals surface area contributed by atoms with Crippen molar-refractivity contribution < 1.29 is 11.1 Å². The summed E-state index contributed by atoms with van der Waals surface area (Å²) in [6.45, 7) is 0. The van der Waals surface area contributed by atoms with Crippen molar-refractivity contribution in [2.75, 3.05) is 0 Å². The molecule has 0 saturated carbocycles. The van der Waals surface area contributed by atoms with Crippen LogP contribution in [0.15, 0.2) is 22.4 Å². The molecule has 0 aromatic carbocycles. The first-order valence-electron chi connectivity index (χ1n) is 2.51. The van der Waals surface area contributed by atoms with E-state index in [1.165, 1.54) is 0 Å². The van der Waals surface area contributed by atoms with Crippen molar-refractivity contribution in [2.45, 2.75) is 11.9 Å². The van der Waals surface area contributed by atoms with Crippen LogP contribution in [-0.2, 0) is 11.1 Å². The molecular weight excluding hydrogens is 422 g/mol. The minimum atomic E-state index is -1.82. The summed E-state index contributed by atoms with van der Waals surface area (Å²) in [6.07, 6.45) is 7.69. The van der Waals surface area contributed by atoms with Crippen LogP contribution < -0.4 is 0 Å². The van der Waals surface area contributed by atoms with Crippen LogP contribution in [-0.4, -0.2) is 0 Å². The van der Waals surface area contributed by atoms with Gasteiger partial charge in [-0.25, -0.2) is 0 Å². The fraction of sp³-hybridized carbons (Fsp3) is 0.333. The molecule has 0 radical (unpaired) electrons. The minimum absolute atomic E-state index is 1.15. The van der Waals surface area contributed by atoms with Gasteiger partial charge in [-0.1, -0.05) is 0 Å². The zero-order valence-corrected chi connectivity index (χ0v) is 10.8. The molecule has 0 aromatic rings. The van der Waals surface area contributed by atoms with Crippen molar-refractivity contribution >= 4 is 27.1 Å². The van der Waals surface area contributed by atoms with Gasteiger partial charge in [0.05, 0.1) is 0 Å². The van der Waals surface area contributed by atoms with Crippen LogP contribution in [0.3, 0.4) is 0 Å². The molecule has 0 aliphatic heterocycles. The van der Waals surface area contributed by atoms with E-state index in [0.29, 0.717) is 0 Å². The van der Waals surface area contributed by atoms with Crippen molar-refractivity contribution in [3.05, 3.63) is 22.4 Å². The summed E-state index contributed by atoms with van der Waals surface area (Å²) in [6, 6.07) is 0. The van der Waals surface area contributed by atoms with Crippen LogP contribution >= 0.6 is 27.1 Å². The van der Waals surface area contributed by atoms with Crippen LogP contribution in [0.25, 0.3) is 0 Å². The Kier molecular flexibility index (Phi) is 2.71. The molecule has 0 saturated heterocycles. The predicted octanol–water partition coefficient (Wildman–Crippen LogP) is 3.65. The fourth-order valence-corrected chi connectivity index (χ4v) is 6.25. The van der Waals surface area contributed by atoms with Gasteiger partial charge in [0.25, 0.3) is 0 Å². The quantitative estimate of drug-likeness (QED) is 0.596. The second-order valence-corrected chi connectivity index (χ2v) is 32.5. The second kappa shape index (κ2) is 2.99. The average molecular weight is 430 g/mol. The third-order valence-corrected chi connectivity index (χ3v) is 10.8. The van der Waals surface area contributed by atoms with E-state index < -0.39 is 11.1 Å². The molecule has 0 aromatic heterocycles. The first-order chi connectivity index (χ1) is 4.11. The van der Waals surface area contributed by atoms with Gasteiger partial charge >= 0.3 is 72.4 Å². The molecule has 0 nitrogen and oxygen atoms in total. The molecule has 1 aliphatic rings. The van der Waals surface area contributed by atoms with Gasteiger partial charge in [0.2, 0.25) is 0 Å². The summed E-state index contributed by atoms with van der Waals surface area (Å²) in [5.74, 6) is 0. The van der Waals surface area contributed by atoms with Crippen molar-refractivity contribution in [2.24, 2.45) is 0 Å². The molecule has 0 fully saturated rings. The number of hydrogen-bond acceptors (Lipinski definition) is 0. The normalized spacial score (nSPS) is 20.1. The molecular formula is C6H8Br2Os. The number of allylic oxidation sites excluding steroid dienone is 4. The number of hydrogen-bond donors (Lipinski definition) is 0. The molecule has 0 amide bonds. The summed E-state index contributed by atoms with van der Waals surface area (Å²) < 4.78 is 1.57. The van der Waals surface area contributed by atoms with E-state index >= 15 is 0 Å².